The molecule has 2 aromatic rings. The molecule has 0 heterocycles. The van der Waals surface area contributed by atoms with Gasteiger partial charge in [0.15, 0.2) is 0 Å². The lowest BCUT2D eigenvalue weighted by molar-refractivity contribution is -0.114. The van der Waals surface area contributed by atoms with E-state index in [0.717, 1.165) is 5.56 Å². The van der Waals surface area contributed by atoms with Crippen LogP contribution in [0.15, 0.2) is 42.5 Å². The summed E-state index contributed by atoms with van der Waals surface area (Å²) < 4.78 is 0. The Kier molecular flexibility index (Phi) is 6.01. The number of carbonyl (C=O) groups is 2. The summed E-state index contributed by atoms with van der Waals surface area (Å²) in [6, 6.07) is 10.6. The first-order valence-electron chi connectivity index (χ1n) is 7.18. The largest absolute Gasteiger partial charge is 0.325 e. The van der Waals surface area contributed by atoms with E-state index in [2.05, 4.69) is 10.6 Å². The highest BCUT2D eigenvalue weighted by atomic mass is 35.5. The van der Waals surface area contributed by atoms with Crippen LogP contribution >= 0.6 is 23.2 Å². The number of carbonyl (C=O) groups excluding carboxylic acids is 2. The molecule has 4 nitrogen and oxygen atoms in total. The van der Waals surface area contributed by atoms with E-state index < -0.39 is 0 Å². The van der Waals surface area contributed by atoms with Crippen molar-refractivity contribution < 1.29 is 9.59 Å². The number of nitrogens with one attached hydrogen (secondary N) is 2. The quantitative estimate of drug-likeness (QED) is 0.758. The molecule has 0 radical (unpaired) electrons. The van der Waals surface area contributed by atoms with Crippen molar-refractivity contribution in [2.45, 2.75) is 13.8 Å². The standard InChI is InChI=1S/C18H16Cl2N2O2/c1-11-6-8-15(21-12(2)23)16(10-11)22-17(24)9-7-13-4-3-5-14(19)18(13)20/h3-10H,1-2H3,(H,21,23)(H,22,24)/b9-7+. The zero-order valence-corrected chi connectivity index (χ0v) is 14.7. The van der Waals surface area contributed by atoms with Crippen LogP contribution in [0, 0.1) is 6.92 Å². The van der Waals surface area contributed by atoms with Crippen LogP contribution in [0.3, 0.4) is 0 Å². The molecule has 0 unspecified atom stereocenters. The fourth-order valence-electron chi connectivity index (χ4n) is 2.05. The van der Waals surface area contributed by atoms with E-state index in [1.165, 1.54) is 13.0 Å². The first-order chi connectivity index (χ1) is 11.4. The topological polar surface area (TPSA) is 58.2 Å². The maximum absolute atomic E-state index is 12.1. The number of hydrogen-bond acceptors (Lipinski definition) is 2. The molecule has 0 spiro atoms. The van der Waals surface area contributed by atoms with Gasteiger partial charge in [-0.2, -0.15) is 0 Å². The van der Waals surface area contributed by atoms with Gasteiger partial charge >= 0.3 is 0 Å². The molecule has 24 heavy (non-hydrogen) atoms. The predicted octanol–water partition coefficient (Wildman–Crippen LogP) is 4.91. The van der Waals surface area contributed by atoms with Gasteiger partial charge in [0.2, 0.25) is 11.8 Å². The summed E-state index contributed by atoms with van der Waals surface area (Å²) in [4.78, 5) is 23.4. The molecule has 0 aliphatic carbocycles. The Morgan fingerprint density at radius 3 is 2.50 bits per heavy atom. The number of benzene rings is 2. The molecule has 2 aromatic carbocycles. The van der Waals surface area contributed by atoms with Gasteiger partial charge in [-0.05, 0) is 42.3 Å². The van der Waals surface area contributed by atoms with Crippen LogP contribution in [0.4, 0.5) is 11.4 Å². The van der Waals surface area contributed by atoms with Crippen LogP contribution in [-0.2, 0) is 9.59 Å². The third-order valence-electron chi connectivity index (χ3n) is 3.14. The summed E-state index contributed by atoms with van der Waals surface area (Å²) in [5.41, 5.74) is 2.67. The Labute approximate surface area is 150 Å². The van der Waals surface area contributed by atoms with Gasteiger partial charge in [-0.15, -0.1) is 0 Å². The van der Waals surface area contributed by atoms with E-state index >= 15 is 0 Å². The van der Waals surface area contributed by atoms with E-state index in [4.69, 9.17) is 23.2 Å². The van der Waals surface area contributed by atoms with Crippen molar-refractivity contribution in [1.82, 2.24) is 0 Å². The lowest BCUT2D eigenvalue weighted by Crippen LogP contribution is -2.13. The summed E-state index contributed by atoms with van der Waals surface area (Å²) in [5.74, 6) is -0.557. The van der Waals surface area contributed by atoms with Gasteiger partial charge in [0, 0.05) is 13.0 Å². The van der Waals surface area contributed by atoms with E-state index in [0.29, 0.717) is 27.0 Å². The molecule has 0 atom stereocenters. The summed E-state index contributed by atoms with van der Waals surface area (Å²) in [6.07, 6.45) is 2.94. The van der Waals surface area contributed by atoms with Crippen LogP contribution in [0.5, 0.6) is 0 Å². The fourth-order valence-corrected chi connectivity index (χ4v) is 2.42. The van der Waals surface area contributed by atoms with Gasteiger partial charge in [0.05, 0.1) is 21.4 Å². The van der Waals surface area contributed by atoms with Gasteiger partial charge in [-0.1, -0.05) is 41.4 Å². The Morgan fingerprint density at radius 1 is 1.04 bits per heavy atom. The molecule has 0 aliphatic rings. The normalized spacial score (nSPS) is 10.7. The smallest absolute Gasteiger partial charge is 0.248 e. The van der Waals surface area contributed by atoms with Crippen molar-refractivity contribution >= 4 is 52.5 Å². The lowest BCUT2D eigenvalue weighted by atomic mass is 10.1. The molecular weight excluding hydrogens is 347 g/mol. The van der Waals surface area contributed by atoms with Crippen LogP contribution in [-0.4, -0.2) is 11.8 Å². The number of rotatable bonds is 4. The second-order valence-corrected chi connectivity index (χ2v) is 5.98. The molecule has 0 aromatic heterocycles. The van der Waals surface area contributed by atoms with E-state index in [1.807, 2.05) is 13.0 Å². The molecule has 2 amide bonds. The Balaban J connectivity index is 2.17. The van der Waals surface area contributed by atoms with Crippen LogP contribution in [0.1, 0.15) is 18.1 Å². The number of halogens is 2. The fraction of sp³-hybridized carbons (Fsp3) is 0.111. The number of aryl methyl sites for hydroxylation is 1. The SMILES string of the molecule is CC(=O)Nc1ccc(C)cc1NC(=O)/C=C/c1cccc(Cl)c1Cl. The molecule has 0 bridgehead atoms. The monoisotopic (exact) mass is 362 g/mol. The second-order valence-electron chi connectivity index (χ2n) is 5.20. The summed E-state index contributed by atoms with van der Waals surface area (Å²) >= 11 is 12.0. The van der Waals surface area contributed by atoms with Gasteiger partial charge < -0.3 is 10.6 Å². The van der Waals surface area contributed by atoms with Gasteiger partial charge in [0.1, 0.15) is 0 Å². The zero-order chi connectivity index (χ0) is 17.7. The van der Waals surface area contributed by atoms with Gasteiger partial charge in [-0.3, -0.25) is 9.59 Å². The molecule has 0 saturated heterocycles. The van der Waals surface area contributed by atoms with Crippen molar-refractivity contribution in [3.05, 3.63) is 63.6 Å². The number of anilines is 2. The summed E-state index contributed by atoms with van der Waals surface area (Å²) in [6.45, 7) is 3.31. The maximum atomic E-state index is 12.1. The van der Waals surface area contributed by atoms with Crippen molar-refractivity contribution in [3.8, 4) is 0 Å². The van der Waals surface area contributed by atoms with Crippen molar-refractivity contribution in [2.24, 2.45) is 0 Å². The third-order valence-corrected chi connectivity index (χ3v) is 3.97. The van der Waals surface area contributed by atoms with Crippen LogP contribution < -0.4 is 10.6 Å². The molecule has 0 saturated carbocycles. The first-order valence-corrected chi connectivity index (χ1v) is 7.93. The highest BCUT2D eigenvalue weighted by Crippen LogP contribution is 2.27. The first kappa shape index (κ1) is 18.0. The van der Waals surface area contributed by atoms with Crippen molar-refractivity contribution in [2.75, 3.05) is 10.6 Å². The third kappa shape index (κ3) is 4.85. The average molecular weight is 363 g/mol. The number of hydrogen-bond donors (Lipinski definition) is 2. The van der Waals surface area contributed by atoms with E-state index in [-0.39, 0.29) is 11.8 Å². The minimum Gasteiger partial charge on any atom is -0.325 e. The molecule has 0 fully saturated rings. The molecular formula is C18H16Cl2N2O2. The van der Waals surface area contributed by atoms with Crippen LogP contribution in [0.2, 0.25) is 10.0 Å². The van der Waals surface area contributed by atoms with Crippen molar-refractivity contribution in [1.29, 1.82) is 0 Å². The second kappa shape index (κ2) is 7.99. The Bertz CT molecular complexity index is 817. The molecule has 2 rings (SSSR count). The number of amides is 2. The summed E-state index contributed by atoms with van der Waals surface area (Å²) in [5, 5.41) is 6.23. The molecule has 124 valence electrons. The van der Waals surface area contributed by atoms with E-state index in [9.17, 15) is 9.59 Å². The lowest BCUT2D eigenvalue weighted by Gasteiger charge is -2.11. The highest BCUT2D eigenvalue weighted by Gasteiger charge is 2.07. The van der Waals surface area contributed by atoms with Crippen molar-refractivity contribution in [3.63, 3.8) is 0 Å². The minimum atomic E-state index is -0.344. The molecule has 2 N–H and O–H groups in total. The van der Waals surface area contributed by atoms with Gasteiger partial charge in [-0.25, -0.2) is 0 Å². The highest BCUT2D eigenvalue weighted by molar-refractivity contribution is 6.42. The average Bonchev–Trinajstić information content (AvgIpc) is 2.51. The minimum absolute atomic E-state index is 0.212. The van der Waals surface area contributed by atoms with E-state index in [1.54, 1.807) is 36.4 Å². The molecule has 6 heteroatoms. The Hall–Kier alpha value is -2.30. The summed E-state index contributed by atoms with van der Waals surface area (Å²) in [7, 11) is 0. The predicted molar refractivity (Wildman–Crippen MR) is 99.6 cm³/mol. The maximum Gasteiger partial charge on any atom is 0.248 e. The zero-order valence-electron chi connectivity index (χ0n) is 13.2. The molecule has 0 aliphatic heterocycles. The van der Waals surface area contributed by atoms with Gasteiger partial charge in [0.25, 0.3) is 0 Å². The Morgan fingerprint density at radius 2 is 1.79 bits per heavy atom. The van der Waals surface area contributed by atoms with Crippen LogP contribution in [0.25, 0.3) is 6.08 Å².